The predicted molar refractivity (Wildman–Crippen MR) is 86.0 cm³/mol. The van der Waals surface area contributed by atoms with Gasteiger partial charge in [0.25, 0.3) is 5.91 Å². The summed E-state index contributed by atoms with van der Waals surface area (Å²) in [5.41, 5.74) is 2.41. The smallest absolute Gasteiger partial charge is 0.257 e. The van der Waals surface area contributed by atoms with Crippen molar-refractivity contribution in [2.45, 2.75) is 19.8 Å². The Morgan fingerprint density at radius 3 is 2.86 bits per heavy atom. The van der Waals surface area contributed by atoms with E-state index in [1.54, 1.807) is 6.20 Å². The first-order valence-electron chi connectivity index (χ1n) is 7.23. The van der Waals surface area contributed by atoms with Crippen LogP contribution in [0.5, 0.6) is 0 Å². The molecule has 1 fully saturated rings. The second kappa shape index (κ2) is 6.02. The highest BCUT2D eigenvalue weighted by Gasteiger charge is 2.24. The number of halogens is 1. The largest absolute Gasteiger partial charge is 0.339 e. The molecule has 4 nitrogen and oxygen atoms in total. The Bertz CT molecular complexity index is 644. The zero-order chi connectivity index (χ0) is 14.8. The molecule has 0 spiro atoms. The standard InChI is InChI=1S/C16H18BrN3O/c1-11-5-7-20(8-6-11)16(21)14-10-18-19-15(14)12-3-2-4-13(17)9-12/h2-4,9-11H,5-8H2,1H3,(H,18,19). The van der Waals surface area contributed by atoms with E-state index < -0.39 is 0 Å². The molecule has 1 N–H and O–H groups in total. The van der Waals surface area contributed by atoms with Gasteiger partial charge in [-0.2, -0.15) is 5.10 Å². The molecule has 3 rings (SSSR count). The van der Waals surface area contributed by atoms with Gasteiger partial charge in [-0.25, -0.2) is 0 Å². The molecule has 0 aliphatic carbocycles. The molecule has 1 aliphatic rings. The molecule has 0 radical (unpaired) electrons. The van der Waals surface area contributed by atoms with E-state index in [0.717, 1.165) is 41.7 Å². The second-order valence-corrected chi connectivity index (χ2v) is 6.56. The van der Waals surface area contributed by atoms with Crippen LogP contribution >= 0.6 is 15.9 Å². The molecule has 110 valence electrons. The van der Waals surface area contributed by atoms with Crippen molar-refractivity contribution in [1.82, 2.24) is 15.1 Å². The molecule has 2 heterocycles. The van der Waals surface area contributed by atoms with Gasteiger partial charge in [0.1, 0.15) is 0 Å². The first kappa shape index (κ1) is 14.3. The van der Waals surface area contributed by atoms with Gasteiger partial charge in [0, 0.05) is 23.1 Å². The quantitative estimate of drug-likeness (QED) is 0.899. The maximum Gasteiger partial charge on any atom is 0.257 e. The predicted octanol–water partition coefficient (Wildman–Crippen LogP) is 3.71. The summed E-state index contributed by atoms with van der Waals surface area (Å²) < 4.78 is 0.986. The Balaban J connectivity index is 1.87. The van der Waals surface area contributed by atoms with Crippen LogP contribution in [0.3, 0.4) is 0 Å². The SMILES string of the molecule is CC1CCN(C(=O)c2cn[nH]c2-c2cccc(Br)c2)CC1. The number of piperidine rings is 1. The van der Waals surface area contributed by atoms with Crippen LogP contribution in [0.2, 0.25) is 0 Å². The molecule has 0 bridgehead atoms. The molecule has 0 unspecified atom stereocenters. The number of amides is 1. The molecule has 21 heavy (non-hydrogen) atoms. The zero-order valence-corrected chi connectivity index (χ0v) is 13.6. The van der Waals surface area contributed by atoms with E-state index in [4.69, 9.17) is 0 Å². The van der Waals surface area contributed by atoms with Crippen molar-refractivity contribution in [3.05, 3.63) is 40.5 Å². The van der Waals surface area contributed by atoms with Gasteiger partial charge in [0.15, 0.2) is 0 Å². The van der Waals surface area contributed by atoms with Gasteiger partial charge in [-0.3, -0.25) is 9.89 Å². The third-order valence-electron chi connectivity index (χ3n) is 4.05. The Kier molecular flexibility index (Phi) is 4.10. The van der Waals surface area contributed by atoms with Gasteiger partial charge in [-0.15, -0.1) is 0 Å². The van der Waals surface area contributed by atoms with Gasteiger partial charge >= 0.3 is 0 Å². The Labute approximate surface area is 132 Å². The fourth-order valence-electron chi connectivity index (χ4n) is 2.69. The van der Waals surface area contributed by atoms with E-state index in [-0.39, 0.29) is 5.91 Å². The summed E-state index contributed by atoms with van der Waals surface area (Å²) in [6, 6.07) is 7.89. The zero-order valence-electron chi connectivity index (χ0n) is 12.0. The van der Waals surface area contributed by atoms with E-state index >= 15 is 0 Å². The monoisotopic (exact) mass is 347 g/mol. The highest BCUT2D eigenvalue weighted by molar-refractivity contribution is 9.10. The third kappa shape index (κ3) is 3.02. The highest BCUT2D eigenvalue weighted by atomic mass is 79.9. The molecule has 5 heteroatoms. The fourth-order valence-corrected chi connectivity index (χ4v) is 3.09. The van der Waals surface area contributed by atoms with Crippen molar-refractivity contribution in [1.29, 1.82) is 0 Å². The number of nitrogens with one attached hydrogen (secondary N) is 1. The maximum absolute atomic E-state index is 12.7. The number of benzene rings is 1. The van der Waals surface area contributed by atoms with Crippen LogP contribution in [0, 0.1) is 5.92 Å². The molecule has 1 aromatic carbocycles. The van der Waals surface area contributed by atoms with Crippen molar-refractivity contribution >= 4 is 21.8 Å². The minimum absolute atomic E-state index is 0.0747. The number of aromatic nitrogens is 2. The van der Waals surface area contributed by atoms with Gasteiger partial charge < -0.3 is 4.90 Å². The van der Waals surface area contributed by atoms with Gasteiger partial charge in [0.2, 0.25) is 0 Å². The molecule has 1 aromatic heterocycles. The van der Waals surface area contributed by atoms with Crippen LogP contribution in [-0.2, 0) is 0 Å². The summed E-state index contributed by atoms with van der Waals surface area (Å²) in [5, 5.41) is 7.03. The van der Waals surface area contributed by atoms with Crippen LogP contribution < -0.4 is 0 Å². The van der Waals surface area contributed by atoms with Crippen molar-refractivity contribution in [3.63, 3.8) is 0 Å². The van der Waals surface area contributed by atoms with E-state index in [9.17, 15) is 4.79 Å². The molecule has 1 aliphatic heterocycles. The van der Waals surface area contributed by atoms with Crippen molar-refractivity contribution in [3.8, 4) is 11.3 Å². The molecule has 0 saturated carbocycles. The number of aromatic amines is 1. The second-order valence-electron chi connectivity index (χ2n) is 5.64. The third-order valence-corrected chi connectivity index (χ3v) is 4.55. The average Bonchev–Trinajstić information content (AvgIpc) is 2.97. The molecule has 0 atom stereocenters. The summed E-state index contributed by atoms with van der Waals surface area (Å²) >= 11 is 3.46. The Morgan fingerprint density at radius 2 is 2.14 bits per heavy atom. The average molecular weight is 348 g/mol. The number of carbonyl (C=O) groups is 1. The first-order chi connectivity index (χ1) is 10.1. The lowest BCUT2D eigenvalue weighted by Crippen LogP contribution is -2.37. The Hall–Kier alpha value is -1.62. The minimum atomic E-state index is 0.0747. The number of hydrogen-bond donors (Lipinski definition) is 1. The van der Waals surface area contributed by atoms with E-state index in [1.165, 1.54) is 0 Å². The number of H-pyrrole nitrogens is 1. The lowest BCUT2D eigenvalue weighted by molar-refractivity contribution is 0.0698. The maximum atomic E-state index is 12.7. The van der Waals surface area contributed by atoms with Gasteiger partial charge in [0.05, 0.1) is 17.5 Å². The molecule has 2 aromatic rings. The molecular formula is C16H18BrN3O. The van der Waals surface area contributed by atoms with Gasteiger partial charge in [-0.05, 0) is 30.9 Å². The molecular weight excluding hydrogens is 330 g/mol. The molecule has 1 amide bonds. The minimum Gasteiger partial charge on any atom is -0.339 e. The van der Waals surface area contributed by atoms with E-state index in [1.807, 2.05) is 29.2 Å². The van der Waals surface area contributed by atoms with Crippen molar-refractivity contribution < 1.29 is 4.79 Å². The summed E-state index contributed by atoms with van der Waals surface area (Å²) in [7, 11) is 0. The first-order valence-corrected chi connectivity index (χ1v) is 8.03. The number of rotatable bonds is 2. The summed E-state index contributed by atoms with van der Waals surface area (Å²) in [6.07, 6.45) is 3.79. The summed E-state index contributed by atoms with van der Waals surface area (Å²) in [6.45, 7) is 3.92. The normalized spacial score (nSPS) is 16.2. The van der Waals surface area contributed by atoms with Crippen molar-refractivity contribution in [2.75, 3.05) is 13.1 Å². The van der Waals surface area contributed by atoms with Crippen molar-refractivity contribution in [2.24, 2.45) is 5.92 Å². The van der Waals surface area contributed by atoms with Gasteiger partial charge in [-0.1, -0.05) is 35.0 Å². The van der Waals surface area contributed by atoms with Crippen LogP contribution in [0.4, 0.5) is 0 Å². The van der Waals surface area contributed by atoms with E-state index in [2.05, 4.69) is 33.1 Å². The lowest BCUT2D eigenvalue weighted by atomic mass is 9.98. The van der Waals surface area contributed by atoms with Crippen LogP contribution in [0.15, 0.2) is 34.9 Å². The van der Waals surface area contributed by atoms with Crippen LogP contribution in [-0.4, -0.2) is 34.1 Å². The lowest BCUT2D eigenvalue weighted by Gasteiger charge is -2.30. The van der Waals surface area contributed by atoms with E-state index in [0.29, 0.717) is 11.5 Å². The molecule has 1 saturated heterocycles. The number of likely N-dealkylation sites (tertiary alicyclic amines) is 1. The topological polar surface area (TPSA) is 49.0 Å². The summed E-state index contributed by atoms with van der Waals surface area (Å²) in [5.74, 6) is 0.786. The fraction of sp³-hybridized carbons (Fsp3) is 0.375. The number of carbonyl (C=O) groups excluding carboxylic acids is 1. The van der Waals surface area contributed by atoms with Crippen LogP contribution in [0.1, 0.15) is 30.1 Å². The highest BCUT2D eigenvalue weighted by Crippen LogP contribution is 2.26. The number of nitrogens with zero attached hydrogens (tertiary/aromatic N) is 2. The summed E-state index contributed by atoms with van der Waals surface area (Å²) in [4.78, 5) is 14.6. The number of hydrogen-bond acceptors (Lipinski definition) is 2. The van der Waals surface area contributed by atoms with Crippen LogP contribution in [0.25, 0.3) is 11.3 Å². The Morgan fingerprint density at radius 1 is 1.38 bits per heavy atom.